The van der Waals surface area contributed by atoms with Gasteiger partial charge in [-0.3, -0.25) is 4.79 Å². The van der Waals surface area contributed by atoms with Crippen LogP contribution in [-0.4, -0.2) is 48.1 Å². The van der Waals surface area contributed by atoms with Crippen molar-refractivity contribution in [3.63, 3.8) is 0 Å². The molecular weight excluding hydrogens is 250 g/mol. The fourth-order valence-corrected chi connectivity index (χ4v) is 3.03. The van der Waals surface area contributed by atoms with Crippen molar-refractivity contribution in [1.29, 1.82) is 0 Å². The molecule has 0 saturated carbocycles. The summed E-state index contributed by atoms with van der Waals surface area (Å²) in [5, 5.41) is 0. The lowest BCUT2D eigenvalue weighted by Crippen LogP contribution is -2.49. The zero-order valence-electron chi connectivity index (χ0n) is 10.0. The molecule has 1 aromatic carbocycles. The summed E-state index contributed by atoms with van der Waals surface area (Å²) in [4.78, 5) is 14.1. The molecule has 3 rings (SSSR count). The van der Waals surface area contributed by atoms with Gasteiger partial charge in [-0.05, 0) is 12.1 Å². The molecule has 1 fully saturated rings. The van der Waals surface area contributed by atoms with Crippen LogP contribution in [0.1, 0.15) is 0 Å². The summed E-state index contributed by atoms with van der Waals surface area (Å²) in [6.45, 7) is 1.93. The van der Waals surface area contributed by atoms with Crippen molar-refractivity contribution in [1.82, 2.24) is 4.90 Å². The summed E-state index contributed by atoms with van der Waals surface area (Å²) in [6, 6.07) is 7.47. The molecule has 96 valence electrons. The Kier molecular flexibility index (Phi) is 3.32. The van der Waals surface area contributed by atoms with Crippen LogP contribution in [0.3, 0.4) is 0 Å². The van der Waals surface area contributed by atoms with Gasteiger partial charge in [0, 0.05) is 24.6 Å². The first-order valence-corrected chi connectivity index (χ1v) is 7.25. The summed E-state index contributed by atoms with van der Waals surface area (Å²) in [5.74, 6) is 3.44. The molecule has 1 atom stereocenters. The maximum absolute atomic E-state index is 12.3. The van der Waals surface area contributed by atoms with E-state index in [1.165, 1.54) is 0 Å². The number of hydrogen-bond donors (Lipinski definition) is 0. The number of para-hydroxylation sites is 2. The average molecular weight is 265 g/mol. The molecule has 4 nitrogen and oxygen atoms in total. The van der Waals surface area contributed by atoms with E-state index in [9.17, 15) is 4.79 Å². The topological polar surface area (TPSA) is 38.8 Å². The smallest absolute Gasteiger partial charge is 0.267 e. The van der Waals surface area contributed by atoms with Crippen molar-refractivity contribution in [2.45, 2.75) is 6.10 Å². The number of amides is 1. The maximum Gasteiger partial charge on any atom is 0.267 e. The van der Waals surface area contributed by atoms with Crippen molar-refractivity contribution in [3.05, 3.63) is 24.3 Å². The molecule has 0 radical (unpaired) electrons. The number of carbonyl (C=O) groups excluding carboxylic acids is 1. The number of nitrogens with zero attached hydrogens (tertiary/aromatic N) is 1. The summed E-state index contributed by atoms with van der Waals surface area (Å²) in [7, 11) is 0. The largest absolute Gasteiger partial charge is 0.485 e. The van der Waals surface area contributed by atoms with Crippen molar-refractivity contribution < 1.29 is 14.3 Å². The normalized spacial score (nSPS) is 22.7. The zero-order chi connectivity index (χ0) is 12.4. The van der Waals surface area contributed by atoms with E-state index in [0.29, 0.717) is 12.4 Å². The molecule has 2 heterocycles. The van der Waals surface area contributed by atoms with Gasteiger partial charge in [0.05, 0.1) is 0 Å². The molecule has 18 heavy (non-hydrogen) atoms. The second-order valence-corrected chi connectivity index (χ2v) is 5.53. The summed E-state index contributed by atoms with van der Waals surface area (Å²) in [6.07, 6.45) is -0.497. The molecule has 1 unspecified atom stereocenters. The third kappa shape index (κ3) is 2.27. The van der Waals surface area contributed by atoms with Crippen molar-refractivity contribution in [3.8, 4) is 11.5 Å². The van der Waals surface area contributed by atoms with E-state index in [2.05, 4.69) is 0 Å². The van der Waals surface area contributed by atoms with Gasteiger partial charge in [-0.1, -0.05) is 12.1 Å². The van der Waals surface area contributed by atoms with Crippen LogP contribution in [0.25, 0.3) is 0 Å². The van der Waals surface area contributed by atoms with Crippen LogP contribution in [0, 0.1) is 0 Å². The van der Waals surface area contributed by atoms with E-state index in [-0.39, 0.29) is 5.91 Å². The minimum Gasteiger partial charge on any atom is -0.485 e. The molecule has 1 amide bonds. The predicted molar refractivity (Wildman–Crippen MR) is 70.3 cm³/mol. The molecule has 0 spiro atoms. The Morgan fingerprint density at radius 3 is 2.72 bits per heavy atom. The number of carbonyl (C=O) groups is 1. The maximum atomic E-state index is 12.3. The first-order valence-electron chi connectivity index (χ1n) is 6.09. The van der Waals surface area contributed by atoms with Gasteiger partial charge in [-0.2, -0.15) is 11.8 Å². The van der Waals surface area contributed by atoms with Gasteiger partial charge >= 0.3 is 0 Å². The number of rotatable bonds is 1. The van der Waals surface area contributed by atoms with E-state index in [0.717, 1.165) is 30.3 Å². The van der Waals surface area contributed by atoms with E-state index in [1.807, 2.05) is 40.9 Å². The van der Waals surface area contributed by atoms with Gasteiger partial charge in [0.25, 0.3) is 5.91 Å². The first-order chi connectivity index (χ1) is 8.84. The van der Waals surface area contributed by atoms with Gasteiger partial charge in [0.15, 0.2) is 11.5 Å². The molecule has 1 saturated heterocycles. The minimum atomic E-state index is -0.497. The molecule has 0 aromatic heterocycles. The highest BCUT2D eigenvalue weighted by molar-refractivity contribution is 7.99. The highest BCUT2D eigenvalue weighted by atomic mass is 32.2. The molecule has 2 aliphatic rings. The molecule has 0 N–H and O–H groups in total. The number of benzene rings is 1. The first kappa shape index (κ1) is 11.7. The highest BCUT2D eigenvalue weighted by Gasteiger charge is 2.31. The number of hydrogen-bond acceptors (Lipinski definition) is 4. The van der Waals surface area contributed by atoms with Gasteiger partial charge < -0.3 is 14.4 Å². The van der Waals surface area contributed by atoms with Crippen molar-refractivity contribution >= 4 is 17.7 Å². The van der Waals surface area contributed by atoms with Crippen LogP contribution in [0.4, 0.5) is 0 Å². The summed E-state index contributed by atoms with van der Waals surface area (Å²) in [5.41, 5.74) is 0. The van der Waals surface area contributed by atoms with E-state index < -0.39 is 6.10 Å². The summed E-state index contributed by atoms with van der Waals surface area (Å²) < 4.78 is 11.3. The Morgan fingerprint density at radius 2 is 1.94 bits per heavy atom. The number of fused-ring (bicyclic) bond motifs is 1. The lowest BCUT2D eigenvalue weighted by Gasteiger charge is -2.32. The zero-order valence-corrected chi connectivity index (χ0v) is 10.8. The Bertz CT molecular complexity index is 446. The molecule has 5 heteroatoms. The number of ether oxygens (including phenoxy) is 2. The Hall–Kier alpha value is -1.36. The SMILES string of the molecule is O=C(C1COc2ccccc2O1)N1CCSCC1. The van der Waals surface area contributed by atoms with Crippen LogP contribution in [0.5, 0.6) is 11.5 Å². The van der Waals surface area contributed by atoms with E-state index in [1.54, 1.807) is 0 Å². The van der Waals surface area contributed by atoms with Crippen molar-refractivity contribution in [2.75, 3.05) is 31.2 Å². The van der Waals surface area contributed by atoms with Crippen LogP contribution in [0.15, 0.2) is 24.3 Å². The van der Waals surface area contributed by atoms with Gasteiger partial charge in [0.1, 0.15) is 6.61 Å². The van der Waals surface area contributed by atoms with E-state index >= 15 is 0 Å². The Balaban J connectivity index is 1.69. The van der Waals surface area contributed by atoms with Crippen LogP contribution < -0.4 is 9.47 Å². The molecule has 0 aliphatic carbocycles. The fourth-order valence-electron chi connectivity index (χ4n) is 2.13. The molecule has 1 aromatic rings. The van der Waals surface area contributed by atoms with Gasteiger partial charge in [0.2, 0.25) is 6.10 Å². The fraction of sp³-hybridized carbons (Fsp3) is 0.462. The standard InChI is InChI=1S/C13H15NO3S/c15-13(14-5-7-18-8-6-14)12-9-16-10-3-1-2-4-11(10)17-12/h1-4,12H,5-9H2. The molecule has 0 bridgehead atoms. The molecular formula is C13H15NO3S. The lowest BCUT2D eigenvalue weighted by atomic mass is 10.2. The third-order valence-corrected chi connectivity index (χ3v) is 4.05. The third-order valence-electron chi connectivity index (χ3n) is 3.11. The van der Waals surface area contributed by atoms with Crippen molar-refractivity contribution in [2.24, 2.45) is 0 Å². The van der Waals surface area contributed by atoms with Gasteiger partial charge in [-0.15, -0.1) is 0 Å². The second-order valence-electron chi connectivity index (χ2n) is 4.30. The lowest BCUT2D eigenvalue weighted by molar-refractivity contribution is -0.140. The highest BCUT2D eigenvalue weighted by Crippen LogP contribution is 2.31. The Labute approximate surface area is 110 Å². The van der Waals surface area contributed by atoms with Crippen LogP contribution in [-0.2, 0) is 4.79 Å². The Morgan fingerprint density at radius 1 is 1.22 bits per heavy atom. The monoisotopic (exact) mass is 265 g/mol. The van der Waals surface area contributed by atoms with E-state index in [4.69, 9.17) is 9.47 Å². The second kappa shape index (κ2) is 5.10. The molecule has 2 aliphatic heterocycles. The summed E-state index contributed by atoms with van der Waals surface area (Å²) >= 11 is 1.89. The number of thioether (sulfide) groups is 1. The predicted octanol–water partition coefficient (Wildman–Crippen LogP) is 1.40. The van der Waals surface area contributed by atoms with Crippen LogP contribution >= 0.6 is 11.8 Å². The minimum absolute atomic E-state index is 0.0461. The van der Waals surface area contributed by atoms with Crippen LogP contribution in [0.2, 0.25) is 0 Å². The quantitative estimate of drug-likeness (QED) is 0.769. The van der Waals surface area contributed by atoms with Gasteiger partial charge in [-0.25, -0.2) is 0 Å². The average Bonchev–Trinajstić information content (AvgIpc) is 2.47.